The molecule has 0 heterocycles. The Hall–Kier alpha value is -0.313. The molecule has 0 fully saturated rings. The molecule has 17 heavy (non-hydrogen) atoms. The molecule has 1 N–H and O–H groups in total. The molecular weight excluding hydrogens is 226 g/mol. The second-order valence-corrected chi connectivity index (χ2v) is 11.0. The maximum Gasteiger partial charge on any atom is 0.218 e. The lowest BCUT2D eigenvalue weighted by Gasteiger charge is -2.35. The molecule has 1 amide bonds. The number of carbonyl (C=O) groups is 1. The number of carbonyl (C=O) groups excluding carboxylic acids is 1. The van der Waals surface area contributed by atoms with Crippen LogP contribution in [0.3, 0.4) is 0 Å². The van der Waals surface area contributed by atoms with Crippen molar-refractivity contribution in [3.63, 3.8) is 0 Å². The number of rotatable bonds is 8. The van der Waals surface area contributed by atoms with Crippen molar-refractivity contribution in [2.45, 2.75) is 78.9 Å². The molecule has 102 valence electrons. The Morgan fingerprint density at radius 1 is 0.941 bits per heavy atom. The average molecular weight is 257 g/mol. The van der Waals surface area contributed by atoms with Crippen LogP contribution < -0.4 is 4.98 Å². The highest BCUT2D eigenvalue weighted by Gasteiger charge is 2.37. The summed E-state index contributed by atoms with van der Waals surface area (Å²) in [6, 6.07) is 0. The third kappa shape index (κ3) is 5.71. The molecular formula is C14H31NOSi. The van der Waals surface area contributed by atoms with Crippen molar-refractivity contribution < 1.29 is 4.79 Å². The fraction of sp³-hybridized carbons (Fsp3) is 0.929. The van der Waals surface area contributed by atoms with E-state index >= 15 is 0 Å². The molecule has 0 atom stereocenters. The molecule has 0 aromatic heterocycles. The number of hydrogen-bond donors (Lipinski definition) is 1. The van der Waals surface area contributed by atoms with Gasteiger partial charge in [-0.05, 0) is 19.3 Å². The Morgan fingerprint density at radius 3 is 1.53 bits per heavy atom. The number of nitrogens with one attached hydrogen (secondary N) is 1. The monoisotopic (exact) mass is 257 g/mol. The maximum absolute atomic E-state index is 12.6. The lowest BCUT2D eigenvalue weighted by molar-refractivity contribution is -0.131. The SMILES string of the molecule is CCCC(CCC)(CCC)C(=O)N[Si](C)(C)C. The molecule has 0 saturated heterocycles. The van der Waals surface area contributed by atoms with Gasteiger partial charge in [0.15, 0.2) is 0 Å². The lowest BCUT2D eigenvalue weighted by atomic mass is 9.75. The molecule has 0 radical (unpaired) electrons. The molecule has 0 aliphatic carbocycles. The molecule has 0 spiro atoms. The van der Waals surface area contributed by atoms with E-state index in [-0.39, 0.29) is 5.41 Å². The third-order valence-corrected chi connectivity index (χ3v) is 4.13. The molecule has 0 aromatic rings. The van der Waals surface area contributed by atoms with E-state index < -0.39 is 8.24 Å². The van der Waals surface area contributed by atoms with Gasteiger partial charge in [-0.2, -0.15) is 0 Å². The second-order valence-electron chi connectivity index (χ2n) is 6.23. The summed E-state index contributed by atoms with van der Waals surface area (Å²) in [6.45, 7) is 13.1. The minimum atomic E-state index is -1.52. The maximum atomic E-state index is 12.6. The Kier molecular flexibility index (Phi) is 7.06. The zero-order chi connectivity index (χ0) is 13.5. The van der Waals surface area contributed by atoms with Crippen LogP contribution in [0.4, 0.5) is 0 Å². The molecule has 0 aromatic carbocycles. The van der Waals surface area contributed by atoms with Crippen molar-refractivity contribution in [3.05, 3.63) is 0 Å². The van der Waals surface area contributed by atoms with Gasteiger partial charge in [-0.15, -0.1) is 0 Å². The van der Waals surface area contributed by atoms with Crippen molar-refractivity contribution in [2.24, 2.45) is 5.41 Å². The second kappa shape index (κ2) is 7.19. The Labute approximate surface area is 109 Å². The van der Waals surface area contributed by atoms with E-state index in [1.807, 2.05) is 0 Å². The average Bonchev–Trinajstić information content (AvgIpc) is 2.16. The Bertz CT molecular complexity index is 216. The molecule has 0 aliphatic heterocycles. The first-order valence-corrected chi connectivity index (χ1v) is 10.6. The minimum Gasteiger partial charge on any atom is -0.382 e. The van der Waals surface area contributed by atoms with Crippen LogP contribution >= 0.6 is 0 Å². The van der Waals surface area contributed by atoms with Crippen molar-refractivity contribution >= 4 is 14.1 Å². The first-order valence-electron chi connectivity index (χ1n) is 7.14. The number of amides is 1. The van der Waals surface area contributed by atoms with Crippen LogP contribution in [0.25, 0.3) is 0 Å². The Morgan fingerprint density at radius 2 is 1.29 bits per heavy atom. The quantitative estimate of drug-likeness (QED) is 0.645. The van der Waals surface area contributed by atoms with E-state index in [0.717, 1.165) is 38.5 Å². The van der Waals surface area contributed by atoms with Crippen LogP contribution in [0.2, 0.25) is 19.6 Å². The molecule has 2 nitrogen and oxygen atoms in total. The summed E-state index contributed by atoms with van der Waals surface area (Å²) in [5.41, 5.74) is -0.0987. The molecule has 0 rings (SSSR count). The summed E-state index contributed by atoms with van der Waals surface area (Å²) in [5, 5.41) is 0. The summed E-state index contributed by atoms with van der Waals surface area (Å²) in [5.74, 6) is 0.321. The van der Waals surface area contributed by atoms with Crippen LogP contribution in [0.1, 0.15) is 59.3 Å². The van der Waals surface area contributed by atoms with Gasteiger partial charge in [-0.25, -0.2) is 0 Å². The van der Waals surface area contributed by atoms with Crippen LogP contribution in [0.15, 0.2) is 0 Å². The van der Waals surface area contributed by atoms with Gasteiger partial charge in [0.1, 0.15) is 8.24 Å². The summed E-state index contributed by atoms with van der Waals surface area (Å²) in [4.78, 5) is 15.9. The minimum absolute atomic E-state index is 0.0987. The topological polar surface area (TPSA) is 29.1 Å². The van der Waals surface area contributed by atoms with Gasteiger partial charge >= 0.3 is 0 Å². The predicted octanol–water partition coefficient (Wildman–Crippen LogP) is 4.32. The first-order chi connectivity index (χ1) is 7.81. The molecule has 0 aliphatic rings. The fourth-order valence-corrected chi connectivity index (χ4v) is 3.57. The summed E-state index contributed by atoms with van der Waals surface area (Å²) >= 11 is 0. The van der Waals surface area contributed by atoms with E-state index in [4.69, 9.17) is 0 Å². The van der Waals surface area contributed by atoms with Crippen LogP contribution in [-0.2, 0) is 4.79 Å². The molecule has 0 unspecified atom stereocenters. The van der Waals surface area contributed by atoms with Gasteiger partial charge in [-0.1, -0.05) is 59.7 Å². The molecule has 0 bridgehead atoms. The highest BCUT2D eigenvalue weighted by Crippen LogP contribution is 2.35. The van der Waals surface area contributed by atoms with Gasteiger partial charge in [-0.3, -0.25) is 4.79 Å². The summed E-state index contributed by atoms with van der Waals surface area (Å²) in [6.07, 6.45) is 6.39. The molecule has 3 heteroatoms. The first kappa shape index (κ1) is 16.7. The summed E-state index contributed by atoms with van der Waals surface area (Å²) < 4.78 is 0. The predicted molar refractivity (Wildman–Crippen MR) is 78.6 cm³/mol. The van der Waals surface area contributed by atoms with E-state index in [1.54, 1.807) is 0 Å². The van der Waals surface area contributed by atoms with Crippen molar-refractivity contribution in [1.82, 2.24) is 4.98 Å². The van der Waals surface area contributed by atoms with Gasteiger partial charge in [0.25, 0.3) is 0 Å². The van der Waals surface area contributed by atoms with E-state index in [0.29, 0.717) is 5.91 Å². The van der Waals surface area contributed by atoms with E-state index in [9.17, 15) is 4.79 Å². The van der Waals surface area contributed by atoms with Gasteiger partial charge in [0, 0.05) is 5.41 Å². The fourth-order valence-electron chi connectivity index (χ4n) is 2.62. The van der Waals surface area contributed by atoms with E-state index in [2.05, 4.69) is 45.4 Å². The van der Waals surface area contributed by atoms with Crippen LogP contribution in [0, 0.1) is 5.41 Å². The lowest BCUT2D eigenvalue weighted by Crippen LogP contribution is -2.52. The normalized spacial score (nSPS) is 12.6. The third-order valence-electron chi connectivity index (χ3n) is 3.16. The van der Waals surface area contributed by atoms with Gasteiger partial charge in [0.2, 0.25) is 5.91 Å². The van der Waals surface area contributed by atoms with Gasteiger partial charge in [0.05, 0.1) is 0 Å². The standard InChI is InChI=1S/C14H31NOSi/c1-7-10-14(11-8-2,12-9-3)13(16)15-17(4,5)6/h7-12H2,1-6H3,(H,15,16). The van der Waals surface area contributed by atoms with Crippen molar-refractivity contribution in [3.8, 4) is 0 Å². The Balaban J connectivity index is 4.91. The van der Waals surface area contributed by atoms with Crippen molar-refractivity contribution in [1.29, 1.82) is 0 Å². The highest BCUT2D eigenvalue weighted by molar-refractivity contribution is 6.75. The highest BCUT2D eigenvalue weighted by atomic mass is 28.3. The van der Waals surface area contributed by atoms with Crippen LogP contribution in [0.5, 0.6) is 0 Å². The van der Waals surface area contributed by atoms with Crippen LogP contribution in [-0.4, -0.2) is 14.1 Å². The van der Waals surface area contributed by atoms with Gasteiger partial charge < -0.3 is 4.98 Å². The number of hydrogen-bond acceptors (Lipinski definition) is 1. The smallest absolute Gasteiger partial charge is 0.218 e. The van der Waals surface area contributed by atoms with E-state index in [1.165, 1.54) is 0 Å². The zero-order valence-corrected chi connectivity index (χ0v) is 13.7. The molecule has 0 saturated carbocycles. The summed E-state index contributed by atoms with van der Waals surface area (Å²) in [7, 11) is -1.52. The largest absolute Gasteiger partial charge is 0.382 e. The van der Waals surface area contributed by atoms with Crippen molar-refractivity contribution in [2.75, 3.05) is 0 Å². The zero-order valence-electron chi connectivity index (χ0n) is 12.7.